The lowest BCUT2D eigenvalue weighted by Crippen LogP contribution is -2.50. The maximum atomic E-state index is 12.2. The number of piperazine rings is 1. The van der Waals surface area contributed by atoms with Crippen LogP contribution in [0.2, 0.25) is 0 Å². The number of hydrogen-bond donors (Lipinski definition) is 1. The van der Waals surface area contributed by atoms with Crippen molar-refractivity contribution in [2.24, 2.45) is 5.92 Å². The normalized spacial score (nSPS) is 15.8. The van der Waals surface area contributed by atoms with Crippen LogP contribution in [0.15, 0.2) is 6.07 Å². The van der Waals surface area contributed by atoms with Crippen molar-refractivity contribution in [1.82, 2.24) is 20.0 Å². The highest BCUT2D eigenvalue weighted by Gasteiger charge is 2.25. The van der Waals surface area contributed by atoms with Gasteiger partial charge in [0, 0.05) is 38.3 Å². The van der Waals surface area contributed by atoms with Crippen LogP contribution < -0.4 is 0 Å². The Bertz CT molecular complexity index is 487. The van der Waals surface area contributed by atoms with Crippen molar-refractivity contribution >= 4 is 11.8 Å². The number of H-pyrrole nitrogens is 1. The lowest BCUT2D eigenvalue weighted by atomic mass is 10.1. The molecule has 0 atom stereocenters. The summed E-state index contributed by atoms with van der Waals surface area (Å²) in [5.74, 6) is 0.488. The smallest absolute Gasteiger partial charge is 0.274 e. The SMILES string of the molecule is Cc1cc(C(=O)N2CCN(C(=O)CC(C)C)CC2)n[nH]1. The summed E-state index contributed by atoms with van der Waals surface area (Å²) in [6.45, 7) is 8.33. The van der Waals surface area contributed by atoms with Crippen LogP contribution in [0.1, 0.15) is 36.5 Å². The summed E-state index contributed by atoms with van der Waals surface area (Å²) in [7, 11) is 0. The Kier molecular flexibility index (Phi) is 4.42. The van der Waals surface area contributed by atoms with E-state index in [1.54, 1.807) is 11.0 Å². The van der Waals surface area contributed by atoms with E-state index in [1.807, 2.05) is 25.7 Å². The molecule has 2 rings (SSSR count). The average molecular weight is 278 g/mol. The van der Waals surface area contributed by atoms with Crippen molar-refractivity contribution in [3.05, 3.63) is 17.5 Å². The van der Waals surface area contributed by atoms with E-state index >= 15 is 0 Å². The van der Waals surface area contributed by atoms with E-state index in [1.165, 1.54) is 0 Å². The molecule has 1 aliphatic rings. The molecule has 1 aromatic rings. The van der Waals surface area contributed by atoms with Gasteiger partial charge in [0.1, 0.15) is 5.69 Å². The highest BCUT2D eigenvalue weighted by Crippen LogP contribution is 2.10. The lowest BCUT2D eigenvalue weighted by molar-refractivity contribution is -0.133. The zero-order valence-electron chi connectivity index (χ0n) is 12.3. The molecular formula is C14H22N4O2. The van der Waals surface area contributed by atoms with Crippen molar-refractivity contribution in [3.8, 4) is 0 Å². The van der Waals surface area contributed by atoms with E-state index in [9.17, 15) is 9.59 Å². The third-order valence-electron chi connectivity index (χ3n) is 3.43. The van der Waals surface area contributed by atoms with E-state index in [0.29, 0.717) is 44.2 Å². The van der Waals surface area contributed by atoms with Gasteiger partial charge in [-0.2, -0.15) is 5.10 Å². The summed E-state index contributed by atoms with van der Waals surface area (Å²) in [4.78, 5) is 27.8. The van der Waals surface area contributed by atoms with Gasteiger partial charge in [0.15, 0.2) is 0 Å². The van der Waals surface area contributed by atoms with Gasteiger partial charge in [0.05, 0.1) is 0 Å². The number of nitrogens with zero attached hydrogens (tertiary/aromatic N) is 3. The van der Waals surface area contributed by atoms with Gasteiger partial charge in [-0.3, -0.25) is 14.7 Å². The van der Waals surface area contributed by atoms with E-state index in [4.69, 9.17) is 0 Å². The summed E-state index contributed by atoms with van der Waals surface area (Å²) in [6, 6.07) is 1.75. The number of nitrogens with one attached hydrogen (secondary N) is 1. The molecule has 6 heteroatoms. The largest absolute Gasteiger partial charge is 0.339 e. The number of hydrogen-bond acceptors (Lipinski definition) is 3. The fraction of sp³-hybridized carbons (Fsp3) is 0.643. The second-order valence-corrected chi connectivity index (χ2v) is 5.71. The molecule has 0 radical (unpaired) electrons. The van der Waals surface area contributed by atoms with Crippen LogP contribution in [0.3, 0.4) is 0 Å². The molecule has 1 aliphatic heterocycles. The minimum Gasteiger partial charge on any atom is -0.339 e. The topological polar surface area (TPSA) is 69.3 Å². The van der Waals surface area contributed by atoms with Gasteiger partial charge in [0.2, 0.25) is 5.91 Å². The van der Waals surface area contributed by atoms with Gasteiger partial charge in [-0.05, 0) is 18.9 Å². The number of aromatic nitrogens is 2. The van der Waals surface area contributed by atoms with Crippen LogP contribution in [-0.2, 0) is 4.79 Å². The molecule has 0 saturated carbocycles. The molecule has 2 heterocycles. The Morgan fingerprint density at radius 2 is 1.85 bits per heavy atom. The van der Waals surface area contributed by atoms with Crippen molar-refractivity contribution in [1.29, 1.82) is 0 Å². The lowest BCUT2D eigenvalue weighted by Gasteiger charge is -2.34. The fourth-order valence-corrected chi connectivity index (χ4v) is 2.33. The highest BCUT2D eigenvalue weighted by molar-refractivity contribution is 5.92. The van der Waals surface area contributed by atoms with E-state index in [0.717, 1.165) is 5.69 Å². The second kappa shape index (κ2) is 6.07. The summed E-state index contributed by atoms with van der Waals surface area (Å²) in [6.07, 6.45) is 0.576. The van der Waals surface area contributed by atoms with Gasteiger partial charge in [-0.15, -0.1) is 0 Å². The molecule has 0 bridgehead atoms. The zero-order valence-corrected chi connectivity index (χ0v) is 12.3. The number of aryl methyl sites for hydroxylation is 1. The number of rotatable bonds is 3. The second-order valence-electron chi connectivity index (χ2n) is 5.71. The van der Waals surface area contributed by atoms with Gasteiger partial charge in [-0.1, -0.05) is 13.8 Å². The molecule has 0 aromatic carbocycles. The molecule has 1 aromatic heterocycles. The molecule has 0 unspecified atom stereocenters. The Morgan fingerprint density at radius 3 is 2.35 bits per heavy atom. The van der Waals surface area contributed by atoms with Crippen LogP contribution in [0.4, 0.5) is 0 Å². The zero-order chi connectivity index (χ0) is 14.7. The van der Waals surface area contributed by atoms with E-state index in [2.05, 4.69) is 10.2 Å². The first-order valence-electron chi connectivity index (χ1n) is 7.06. The molecule has 110 valence electrons. The molecule has 0 aliphatic carbocycles. The first-order chi connectivity index (χ1) is 9.47. The molecule has 6 nitrogen and oxygen atoms in total. The monoisotopic (exact) mass is 278 g/mol. The third-order valence-corrected chi connectivity index (χ3v) is 3.43. The molecule has 2 amide bonds. The van der Waals surface area contributed by atoms with Gasteiger partial charge in [-0.25, -0.2) is 0 Å². The molecule has 1 fully saturated rings. The number of amides is 2. The number of aromatic amines is 1. The molecule has 0 spiro atoms. The number of carbonyl (C=O) groups is 2. The van der Waals surface area contributed by atoms with Gasteiger partial charge >= 0.3 is 0 Å². The molecule has 20 heavy (non-hydrogen) atoms. The van der Waals surface area contributed by atoms with E-state index in [-0.39, 0.29) is 11.8 Å². The number of carbonyl (C=O) groups excluding carboxylic acids is 2. The molecular weight excluding hydrogens is 256 g/mol. The first-order valence-corrected chi connectivity index (χ1v) is 7.06. The quantitative estimate of drug-likeness (QED) is 0.898. The summed E-state index contributed by atoms with van der Waals surface area (Å²) in [5, 5.41) is 6.76. The standard InChI is InChI=1S/C14H22N4O2/c1-10(2)8-13(19)17-4-6-18(7-5-17)14(20)12-9-11(3)15-16-12/h9-10H,4-8H2,1-3H3,(H,15,16). The van der Waals surface area contributed by atoms with Gasteiger partial charge < -0.3 is 9.80 Å². The van der Waals surface area contributed by atoms with Crippen LogP contribution in [-0.4, -0.2) is 58.0 Å². The predicted molar refractivity (Wildman–Crippen MR) is 75.3 cm³/mol. The fourth-order valence-electron chi connectivity index (χ4n) is 2.33. The van der Waals surface area contributed by atoms with Gasteiger partial charge in [0.25, 0.3) is 5.91 Å². The predicted octanol–water partition coefficient (Wildman–Crippen LogP) is 1.05. The van der Waals surface area contributed by atoms with Crippen LogP contribution in [0.5, 0.6) is 0 Å². The summed E-state index contributed by atoms with van der Waals surface area (Å²) in [5.41, 5.74) is 1.32. The van der Waals surface area contributed by atoms with Crippen LogP contribution in [0, 0.1) is 12.8 Å². The Hall–Kier alpha value is -1.85. The van der Waals surface area contributed by atoms with Crippen molar-refractivity contribution in [3.63, 3.8) is 0 Å². The Labute approximate surface area is 119 Å². The highest BCUT2D eigenvalue weighted by atomic mass is 16.2. The maximum absolute atomic E-state index is 12.2. The summed E-state index contributed by atoms with van der Waals surface area (Å²) >= 11 is 0. The van der Waals surface area contributed by atoms with Crippen molar-refractivity contribution in [2.45, 2.75) is 27.2 Å². The van der Waals surface area contributed by atoms with Crippen molar-refractivity contribution < 1.29 is 9.59 Å². The Balaban J connectivity index is 1.88. The summed E-state index contributed by atoms with van der Waals surface area (Å²) < 4.78 is 0. The van der Waals surface area contributed by atoms with Crippen LogP contribution in [0.25, 0.3) is 0 Å². The minimum atomic E-state index is -0.0645. The molecule has 1 N–H and O–H groups in total. The maximum Gasteiger partial charge on any atom is 0.274 e. The van der Waals surface area contributed by atoms with E-state index < -0.39 is 0 Å². The van der Waals surface area contributed by atoms with Crippen molar-refractivity contribution in [2.75, 3.05) is 26.2 Å². The third kappa shape index (κ3) is 3.37. The molecule has 1 saturated heterocycles. The average Bonchev–Trinajstić information content (AvgIpc) is 2.84. The minimum absolute atomic E-state index is 0.0645. The van der Waals surface area contributed by atoms with Crippen LogP contribution >= 0.6 is 0 Å². The Morgan fingerprint density at radius 1 is 1.25 bits per heavy atom. The first kappa shape index (κ1) is 14.6.